The molecule has 0 radical (unpaired) electrons. The third-order valence-electron chi connectivity index (χ3n) is 10.8. The number of hydrogen-bond acceptors (Lipinski definition) is 0. The second-order valence-corrected chi connectivity index (χ2v) is 13.6. The maximum Gasteiger partial charge on any atom is 0.0165 e. The third-order valence-corrected chi connectivity index (χ3v) is 10.8. The zero-order valence-electron chi connectivity index (χ0n) is 26.5. The van der Waals surface area contributed by atoms with Gasteiger partial charge in [-0.05, 0) is 111 Å². The fourth-order valence-electron chi connectivity index (χ4n) is 8.71. The Balaban J connectivity index is 1.27. The summed E-state index contributed by atoms with van der Waals surface area (Å²) < 4.78 is 0. The van der Waals surface area contributed by atoms with E-state index in [4.69, 9.17) is 0 Å². The van der Waals surface area contributed by atoms with Gasteiger partial charge in [-0.1, -0.05) is 159 Å². The lowest BCUT2D eigenvalue weighted by molar-refractivity contribution is 0.667. The molecule has 0 heterocycles. The highest BCUT2D eigenvalue weighted by Gasteiger charge is 2.39. The SMILES string of the molecule is CC1(C)c2ccc3ccccc3c2-c2c1c1ccc(-c3ccccc3-c3cc4ccccc4c4ccccc34)cc1c1ccccc21. The van der Waals surface area contributed by atoms with Crippen molar-refractivity contribution in [3.8, 4) is 33.4 Å². The van der Waals surface area contributed by atoms with Crippen LogP contribution in [-0.4, -0.2) is 0 Å². The number of hydrogen-bond donors (Lipinski definition) is 0. The molecule has 0 spiro atoms. The summed E-state index contributed by atoms with van der Waals surface area (Å²) in [6, 6.07) is 58.7. The van der Waals surface area contributed by atoms with Crippen LogP contribution in [0.4, 0.5) is 0 Å². The minimum absolute atomic E-state index is 0.125. The Bertz CT molecular complexity index is 2760. The minimum Gasteiger partial charge on any atom is -0.0616 e. The number of benzene rings is 9. The van der Waals surface area contributed by atoms with Gasteiger partial charge in [0.05, 0.1) is 0 Å². The van der Waals surface area contributed by atoms with Gasteiger partial charge in [0, 0.05) is 5.41 Å². The van der Waals surface area contributed by atoms with Gasteiger partial charge in [-0.15, -0.1) is 0 Å². The van der Waals surface area contributed by atoms with E-state index in [9.17, 15) is 0 Å². The monoisotopic (exact) mass is 596 g/mol. The second-order valence-electron chi connectivity index (χ2n) is 13.6. The van der Waals surface area contributed by atoms with Crippen LogP contribution in [0.5, 0.6) is 0 Å². The Kier molecular flexibility index (Phi) is 5.44. The summed E-state index contributed by atoms with van der Waals surface area (Å²) >= 11 is 0. The summed E-state index contributed by atoms with van der Waals surface area (Å²) in [5.41, 5.74) is 10.6. The van der Waals surface area contributed by atoms with E-state index < -0.39 is 0 Å². The van der Waals surface area contributed by atoms with E-state index in [0.29, 0.717) is 0 Å². The molecule has 0 amide bonds. The summed E-state index contributed by atoms with van der Waals surface area (Å²) in [5.74, 6) is 0. The maximum atomic E-state index is 2.46. The van der Waals surface area contributed by atoms with Crippen LogP contribution in [0.1, 0.15) is 25.0 Å². The van der Waals surface area contributed by atoms with Crippen molar-refractivity contribution in [1.29, 1.82) is 0 Å². The van der Waals surface area contributed by atoms with Gasteiger partial charge in [0.15, 0.2) is 0 Å². The van der Waals surface area contributed by atoms with Crippen molar-refractivity contribution in [3.05, 3.63) is 169 Å². The smallest absolute Gasteiger partial charge is 0.0165 e. The van der Waals surface area contributed by atoms with Crippen LogP contribution in [0.15, 0.2) is 158 Å². The highest BCUT2D eigenvalue weighted by molar-refractivity contribution is 6.22. The van der Waals surface area contributed by atoms with Crippen LogP contribution >= 0.6 is 0 Å². The molecular weight excluding hydrogens is 565 g/mol. The molecule has 10 rings (SSSR count). The van der Waals surface area contributed by atoms with Crippen molar-refractivity contribution >= 4 is 53.9 Å². The molecule has 0 fully saturated rings. The molecule has 0 atom stereocenters. The van der Waals surface area contributed by atoms with Crippen molar-refractivity contribution in [1.82, 2.24) is 0 Å². The molecule has 1 aliphatic rings. The molecule has 0 saturated carbocycles. The van der Waals surface area contributed by atoms with Gasteiger partial charge in [-0.3, -0.25) is 0 Å². The average molecular weight is 597 g/mol. The predicted molar refractivity (Wildman–Crippen MR) is 202 cm³/mol. The van der Waals surface area contributed by atoms with Crippen LogP contribution < -0.4 is 0 Å². The number of rotatable bonds is 2. The van der Waals surface area contributed by atoms with Crippen LogP contribution in [0, 0.1) is 0 Å². The van der Waals surface area contributed by atoms with Gasteiger partial charge in [0.1, 0.15) is 0 Å². The molecule has 0 aliphatic heterocycles. The third kappa shape index (κ3) is 3.64. The van der Waals surface area contributed by atoms with Gasteiger partial charge in [-0.2, -0.15) is 0 Å². The first-order valence-corrected chi connectivity index (χ1v) is 16.6. The molecule has 0 heteroatoms. The zero-order chi connectivity index (χ0) is 31.3. The molecule has 0 N–H and O–H groups in total. The van der Waals surface area contributed by atoms with Gasteiger partial charge in [-0.25, -0.2) is 0 Å². The van der Waals surface area contributed by atoms with E-state index in [1.54, 1.807) is 0 Å². The Morgan fingerprint density at radius 2 is 0.936 bits per heavy atom. The molecule has 0 nitrogen and oxygen atoms in total. The average Bonchev–Trinajstić information content (AvgIpc) is 3.38. The molecule has 0 bridgehead atoms. The van der Waals surface area contributed by atoms with E-state index in [0.717, 1.165) is 0 Å². The lowest BCUT2D eigenvalue weighted by atomic mass is 9.78. The fraction of sp³-hybridized carbons (Fsp3) is 0.0638. The molecule has 220 valence electrons. The van der Waals surface area contributed by atoms with Crippen molar-refractivity contribution < 1.29 is 0 Å². The molecule has 0 saturated heterocycles. The van der Waals surface area contributed by atoms with Gasteiger partial charge in [0.25, 0.3) is 0 Å². The standard InChI is InChI=1S/C47H32/c1-47(2)43-26-24-29-13-3-6-17-34(29)44(43)45-39-22-12-11-21-38(39)42-28-31(23-25-40(42)46(45)47)33-16-7-8-19-36(33)41-27-30-14-4-5-15-32(30)35-18-9-10-20-37(35)41/h3-28H,1-2H3. The first-order chi connectivity index (χ1) is 23.1. The Labute approximate surface area is 274 Å². The molecule has 9 aromatic carbocycles. The van der Waals surface area contributed by atoms with E-state index in [2.05, 4.69) is 172 Å². The summed E-state index contributed by atoms with van der Waals surface area (Å²) in [6.07, 6.45) is 0. The van der Waals surface area contributed by atoms with E-state index in [-0.39, 0.29) is 5.41 Å². The van der Waals surface area contributed by atoms with Crippen LogP contribution in [-0.2, 0) is 5.41 Å². The summed E-state index contributed by atoms with van der Waals surface area (Å²) in [7, 11) is 0. The highest BCUT2D eigenvalue weighted by atomic mass is 14.4. The first kappa shape index (κ1) is 26.5. The molecule has 9 aromatic rings. The van der Waals surface area contributed by atoms with Crippen LogP contribution in [0.3, 0.4) is 0 Å². The maximum absolute atomic E-state index is 2.46. The lowest BCUT2D eigenvalue weighted by Crippen LogP contribution is -2.15. The van der Waals surface area contributed by atoms with E-state index >= 15 is 0 Å². The van der Waals surface area contributed by atoms with Crippen molar-refractivity contribution in [3.63, 3.8) is 0 Å². The van der Waals surface area contributed by atoms with Crippen molar-refractivity contribution in [2.45, 2.75) is 19.3 Å². The normalized spacial score (nSPS) is 13.5. The van der Waals surface area contributed by atoms with Gasteiger partial charge >= 0.3 is 0 Å². The van der Waals surface area contributed by atoms with Crippen LogP contribution in [0.2, 0.25) is 0 Å². The Morgan fingerprint density at radius 1 is 0.340 bits per heavy atom. The molecule has 0 unspecified atom stereocenters. The number of fused-ring (bicyclic) bond motifs is 13. The second kappa shape index (κ2) is 9.64. The molecule has 0 aromatic heterocycles. The van der Waals surface area contributed by atoms with Crippen molar-refractivity contribution in [2.24, 2.45) is 0 Å². The lowest BCUT2D eigenvalue weighted by Gasteiger charge is -2.24. The van der Waals surface area contributed by atoms with Crippen LogP contribution in [0.25, 0.3) is 87.2 Å². The summed E-state index contributed by atoms with van der Waals surface area (Å²) in [5, 5.41) is 13.1. The quantitative estimate of drug-likeness (QED) is 0.174. The summed E-state index contributed by atoms with van der Waals surface area (Å²) in [4.78, 5) is 0. The first-order valence-electron chi connectivity index (χ1n) is 16.6. The van der Waals surface area contributed by atoms with E-state index in [1.165, 1.54) is 98.4 Å². The highest BCUT2D eigenvalue weighted by Crippen LogP contribution is 2.56. The topological polar surface area (TPSA) is 0 Å². The van der Waals surface area contributed by atoms with E-state index in [1.807, 2.05) is 0 Å². The molecule has 47 heavy (non-hydrogen) atoms. The Morgan fingerprint density at radius 3 is 1.72 bits per heavy atom. The molecule has 1 aliphatic carbocycles. The largest absolute Gasteiger partial charge is 0.0616 e. The fourth-order valence-corrected chi connectivity index (χ4v) is 8.71. The zero-order valence-corrected chi connectivity index (χ0v) is 26.5. The minimum atomic E-state index is -0.125. The molecular formula is C47H32. The Hall–Kier alpha value is -5.72. The predicted octanol–water partition coefficient (Wildman–Crippen LogP) is 13.1. The van der Waals surface area contributed by atoms with Crippen molar-refractivity contribution in [2.75, 3.05) is 0 Å². The van der Waals surface area contributed by atoms with Gasteiger partial charge < -0.3 is 0 Å². The van der Waals surface area contributed by atoms with Gasteiger partial charge in [0.2, 0.25) is 0 Å². The summed E-state index contributed by atoms with van der Waals surface area (Å²) in [6.45, 7) is 4.82.